The van der Waals surface area contributed by atoms with Crippen molar-refractivity contribution >= 4 is 57.2 Å². The summed E-state index contributed by atoms with van der Waals surface area (Å²) >= 11 is 0. The van der Waals surface area contributed by atoms with Gasteiger partial charge in [0, 0.05) is 34.1 Å². The van der Waals surface area contributed by atoms with E-state index in [1.54, 1.807) is 5.56 Å². The van der Waals surface area contributed by atoms with Crippen LogP contribution < -0.4 is 26.2 Å². The van der Waals surface area contributed by atoms with Gasteiger partial charge in [0.2, 0.25) is 0 Å². The molecule has 0 aromatic heterocycles. The first kappa shape index (κ1) is 42.6. The lowest BCUT2D eigenvalue weighted by atomic mass is 9.33. The highest BCUT2D eigenvalue weighted by atomic mass is 15.2. The molecule has 0 N–H and O–H groups in total. The third-order valence-electron chi connectivity index (χ3n) is 17.7. The van der Waals surface area contributed by atoms with Gasteiger partial charge < -0.3 is 9.80 Å². The van der Waals surface area contributed by atoms with Crippen LogP contribution in [0.2, 0.25) is 0 Å². The lowest BCUT2D eigenvalue weighted by Crippen LogP contribution is -2.62. The summed E-state index contributed by atoms with van der Waals surface area (Å²) in [7, 11) is 0. The van der Waals surface area contributed by atoms with Crippen LogP contribution in [0.5, 0.6) is 0 Å². The van der Waals surface area contributed by atoms with Crippen molar-refractivity contribution in [1.82, 2.24) is 0 Å². The molecule has 11 rings (SSSR count). The van der Waals surface area contributed by atoms with Crippen molar-refractivity contribution in [1.29, 1.82) is 0 Å². The van der Waals surface area contributed by atoms with Gasteiger partial charge in [0.05, 0.1) is 0 Å². The fourth-order valence-corrected chi connectivity index (χ4v) is 14.1. The monoisotopic (exact) mass is 855 g/mol. The zero-order valence-electron chi connectivity index (χ0n) is 42.2. The number of hydrogen-bond donors (Lipinski definition) is 0. The van der Waals surface area contributed by atoms with Gasteiger partial charge in [-0.15, -0.1) is 0 Å². The summed E-state index contributed by atoms with van der Waals surface area (Å²) in [4.78, 5) is 5.44. The smallest absolute Gasteiger partial charge is 0.252 e. The van der Waals surface area contributed by atoms with Crippen LogP contribution in [0.3, 0.4) is 0 Å². The molecular formula is C62H71BN2. The Morgan fingerprint density at radius 2 is 0.923 bits per heavy atom. The first-order valence-corrected chi connectivity index (χ1v) is 24.9. The van der Waals surface area contributed by atoms with E-state index in [0.29, 0.717) is 0 Å². The average Bonchev–Trinajstić information content (AvgIpc) is 3.42. The van der Waals surface area contributed by atoms with E-state index < -0.39 is 0 Å². The van der Waals surface area contributed by atoms with Crippen molar-refractivity contribution in [2.45, 2.75) is 168 Å². The molecule has 0 atom stereocenters. The summed E-state index contributed by atoms with van der Waals surface area (Å²) in [6, 6.07) is 39.0. The zero-order chi connectivity index (χ0) is 46.1. The molecule has 6 aromatic rings. The normalized spacial score (nSPS) is 20.6. The second-order valence-corrected chi connectivity index (χ2v) is 25.2. The maximum absolute atomic E-state index is 2.74. The minimum absolute atomic E-state index is 0.0625. The predicted octanol–water partition coefficient (Wildman–Crippen LogP) is 15.0. The molecule has 0 saturated carbocycles. The van der Waals surface area contributed by atoms with Crippen molar-refractivity contribution < 1.29 is 0 Å². The van der Waals surface area contributed by atoms with Gasteiger partial charge in [-0.05, 0) is 199 Å². The maximum Gasteiger partial charge on any atom is 0.252 e. The molecule has 0 spiro atoms. The lowest BCUT2D eigenvalue weighted by Gasteiger charge is -2.48. The Bertz CT molecular complexity index is 3010. The molecule has 5 aliphatic rings. The fraction of sp³-hybridized carbons (Fsp3) is 0.419. The molecule has 0 saturated heterocycles. The topological polar surface area (TPSA) is 6.48 Å². The molecule has 3 heteroatoms. The minimum Gasteiger partial charge on any atom is -0.311 e. The van der Waals surface area contributed by atoms with Gasteiger partial charge in [-0.25, -0.2) is 0 Å². The van der Waals surface area contributed by atoms with Crippen molar-refractivity contribution in [2.75, 3.05) is 9.80 Å². The first-order valence-electron chi connectivity index (χ1n) is 24.9. The van der Waals surface area contributed by atoms with E-state index in [1.807, 2.05) is 0 Å². The number of aryl methyl sites for hydroxylation is 2. The van der Waals surface area contributed by atoms with Gasteiger partial charge in [0.25, 0.3) is 6.71 Å². The van der Waals surface area contributed by atoms with E-state index in [0.717, 1.165) is 6.42 Å². The Morgan fingerprint density at radius 1 is 0.400 bits per heavy atom. The summed E-state index contributed by atoms with van der Waals surface area (Å²) in [5.41, 5.74) is 28.4. The minimum atomic E-state index is 0.0625. The fourth-order valence-electron chi connectivity index (χ4n) is 14.1. The molecule has 2 heterocycles. The molecule has 2 nitrogen and oxygen atoms in total. The Hall–Kier alpha value is -5.02. The standard InChI is InChI=1S/C62H71BN2/c1-37-29-53-56-54(30-37)65(50-34-46-43(31-38(50)2)61(12,13)36-62(46,14)15)52-35-45-44(58(6,7)25-26-59(45,8)9)33-48(52)63(56)47-23-21-41(40-19-17-16-18-20-40)32-51(47)64(53)49-24-22-42-55(39(49)3)60(10,11)28-27-57(42,4)5/h16-24,29-35H,25-28,36H2,1-15H3. The van der Waals surface area contributed by atoms with Crippen LogP contribution in [0.15, 0.2) is 97.1 Å². The van der Waals surface area contributed by atoms with E-state index >= 15 is 0 Å². The number of nitrogens with zero attached hydrogens (tertiary/aromatic N) is 2. The summed E-state index contributed by atoms with van der Waals surface area (Å²) < 4.78 is 0. The van der Waals surface area contributed by atoms with Gasteiger partial charge in [-0.2, -0.15) is 0 Å². The number of rotatable bonds is 3. The number of hydrogen-bond acceptors (Lipinski definition) is 2. The van der Waals surface area contributed by atoms with Gasteiger partial charge >= 0.3 is 0 Å². The van der Waals surface area contributed by atoms with Crippen molar-refractivity contribution in [3.8, 4) is 11.1 Å². The summed E-state index contributed by atoms with van der Waals surface area (Å²) in [6.45, 7) is 36.9. The quantitative estimate of drug-likeness (QED) is 0.163. The van der Waals surface area contributed by atoms with Gasteiger partial charge in [0.1, 0.15) is 0 Å². The summed E-state index contributed by atoms with van der Waals surface area (Å²) in [5.74, 6) is 0. The Balaban J connectivity index is 1.26. The predicted molar refractivity (Wildman–Crippen MR) is 281 cm³/mol. The molecule has 0 amide bonds. The van der Waals surface area contributed by atoms with Crippen LogP contribution in [-0.2, 0) is 32.5 Å². The van der Waals surface area contributed by atoms with Crippen LogP contribution in [0.1, 0.15) is 165 Å². The van der Waals surface area contributed by atoms with Crippen LogP contribution in [0, 0.1) is 20.8 Å². The van der Waals surface area contributed by atoms with E-state index in [1.165, 1.54) is 132 Å². The van der Waals surface area contributed by atoms with E-state index in [-0.39, 0.29) is 39.2 Å². The Morgan fingerprint density at radius 3 is 1.57 bits per heavy atom. The second kappa shape index (κ2) is 13.5. The first-order chi connectivity index (χ1) is 30.4. The number of fused-ring (bicyclic) bond motifs is 7. The van der Waals surface area contributed by atoms with E-state index in [4.69, 9.17) is 0 Å². The molecule has 0 radical (unpaired) electrons. The number of anilines is 6. The van der Waals surface area contributed by atoms with E-state index in [2.05, 4.69) is 211 Å². The van der Waals surface area contributed by atoms with Gasteiger partial charge in [0.15, 0.2) is 0 Å². The average molecular weight is 855 g/mol. The largest absolute Gasteiger partial charge is 0.311 e. The van der Waals surface area contributed by atoms with Crippen molar-refractivity contribution in [3.63, 3.8) is 0 Å². The highest BCUT2D eigenvalue weighted by Gasteiger charge is 2.49. The Labute approximate surface area is 392 Å². The second-order valence-electron chi connectivity index (χ2n) is 25.2. The molecule has 0 fully saturated rings. The summed E-state index contributed by atoms with van der Waals surface area (Å²) in [5, 5.41) is 0. The summed E-state index contributed by atoms with van der Waals surface area (Å²) in [6.07, 6.45) is 5.91. The third-order valence-corrected chi connectivity index (χ3v) is 17.7. The molecule has 65 heavy (non-hydrogen) atoms. The maximum atomic E-state index is 2.74. The SMILES string of the molecule is Cc1cc2c3c(c1)N(c1ccc4c(c1C)C(C)(C)CCC4(C)C)c1cc(-c4ccccc4)ccc1B3c1cc3c(cc1N2c1cc2c(cc1C)C(C)(C)CC2(C)C)C(C)(C)CCC3(C)C. The van der Waals surface area contributed by atoms with E-state index in [9.17, 15) is 0 Å². The van der Waals surface area contributed by atoms with Crippen molar-refractivity contribution in [2.24, 2.45) is 0 Å². The highest BCUT2D eigenvalue weighted by molar-refractivity contribution is 7.00. The Kier molecular flexibility index (Phi) is 8.88. The van der Waals surface area contributed by atoms with Crippen LogP contribution in [0.4, 0.5) is 34.1 Å². The molecule has 0 bridgehead atoms. The molecule has 2 aliphatic heterocycles. The number of benzene rings is 6. The third kappa shape index (κ3) is 6.11. The van der Waals surface area contributed by atoms with Gasteiger partial charge in [-0.3, -0.25) is 0 Å². The molecule has 332 valence electrons. The molecule has 0 unspecified atom stereocenters. The molecule has 3 aliphatic carbocycles. The molecule has 6 aromatic carbocycles. The molecular weight excluding hydrogens is 784 g/mol. The van der Waals surface area contributed by atoms with Crippen LogP contribution in [-0.4, -0.2) is 6.71 Å². The van der Waals surface area contributed by atoms with Crippen molar-refractivity contribution in [3.05, 3.63) is 147 Å². The zero-order valence-corrected chi connectivity index (χ0v) is 42.2. The lowest BCUT2D eigenvalue weighted by molar-refractivity contribution is 0.330. The van der Waals surface area contributed by atoms with Gasteiger partial charge in [-0.1, -0.05) is 144 Å². The highest BCUT2D eigenvalue weighted by Crippen LogP contribution is 2.56. The van der Waals surface area contributed by atoms with Crippen LogP contribution in [0.25, 0.3) is 11.1 Å². The van der Waals surface area contributed by atoms with Crippen LogP contribution >= 0.6 is 0 Å².